The van der Waals surface area contributed by atoms with Gasteiger partial charge >= 0.3 is 5.97 Å². The predicted octanol–water partition coefficient (Wildman–Crippen LogP) is 0.805. The molecule has 0 radical (unpaired) electrons. The first-order valence-electron chi connectivity index (χ1n) is 6.55. The lowest BCUT2D eigenvalue weighted by Gasteiger charge is -2.21. The molecule has 2 unspecified atom stereocenters. The molecule has 1 N–H and O–H groups in total. The molecule has 1 saturated heterocycles. The minimum absolute atomic E-state index is 0.0516. The van der Waals surface area contributed by atoms with Crippen LogP contribution in [-0.2, 0) is 14.3 Å². The van der Waals surface area contributed by atoms with Crippen molar-refractivity contribution in [3.8, 4) is 0 Å². The monoisotopic (exact) mass is 257 g/mol. The molecular weight excluding hydrogens is 234 g/mol. The molecular formula is C13H23NO4. The molecule has 1 heterocycles. The molecule has 18 heavy (non-hydrogen) atoms. The predicted molar refractivity (Wildman–Crippen MR) is 66.8 cm³/mol. The third-order valence-electron chi connectivity index (χ3n) is 3.33. The summed E-state index contributed by atoms with van der Waals surface area (Å²) in [5, 5.41) is 9.75. The van der Waals surface area contributed by atoms with E-state index in [1.165, 1.54) is 0 Å². The Kier molecular flexibility index (Phi) is 5.59. The number of carbonyl (C=O) groups is 2. The van der Waals surface area contributed by atoms with Gasteiger partial charge in [0.1, 0.15) is 0 Å². The van der Waals surface area contributed by atoms with E-state index in [1.807, 2.05) is 0 Å². The molecule has 0 bridgehead atoms. The maximum absolute atomic E-state index is 11.7. The topological polar surface area (TPSA) is 66.8 Å². The molecule has 0 aromatic rings. The van der Waals surface area contributed by atoms with E-state index in [9.17, 15) is 14.7 Å². The zero-order chi connectivity index (χ0) is 13.7. The SMILES string of the molecule is CCOC(=O)CC(O)CN1CC(C(C)C)CC1=O. The van der Waals surface area contributed by atoms with Crippen molar-refractivity contribution in [3.05, 3.63) is 0 Å². The molecule has 5 heteroatoms. The minimum atomic E-state index is -0.834. The summed E-state index contributed by atoms with van der Waals surface area (Å²) in [4.78, 5) is 24.6. The van der Waals surface area contributed by atoms with E-state index in [-0.39, 0.29) is 18.9 Å². The average Bonchev–Trinajstić information content (AvgIpc) is 2.60. The normalized spacial score (nSPS) is 21.5. The van der Waals surface area contributed by atoms with E-state index in [1.54, 1.807) is 11.8 Å². The van der Waals surface area contributed by atoms with E-state index in [2.05, 4.69) is 13.8 Å². The molecule has 2 atom stereocenters. The highest BCUT2D eigenvalue weighted by Crippen LogP contribution is 2.24. The Bertz CT molecular complexity index is 303. The molecule has 1 fully saturated rings. The maximum Gasteiger partial charge on any atom is 0.308 e. The molecule has 1 rings (SSSR count). The molecule has 0 aliphatic carbocycles. The van der Waals surface area contributed by atoms with E-state index >= 15 is 0 Å². The van der Waals surface area contributed by atoms with Crippen LogP contribution in [0.2, 0.25) is 0 Å². The van der Waals surface area contributed by atoms with Crippen LogP contribution in [0.5, 0.6) is 0 Å². The van der Waals surface area contributed by atoms with Gasteiger partial charge in [-0.25, -0.2) is 0 Å². The number of rotatable bonds is 6. The molecule has 1 amide bonds. The Labute approximate surface area is 108 Å². The first kappa shape index (κ1) is 15.0. The highest BCUT2D eigenvalue weighted by Gasteiger charge is 2.32. The minimum Gasteiger partial charge on any atom is -0.466 e. The van der Waals surface area contributed by atoms with Crippen molar-refractivity contribution in [1.82, 2.24) is 4.90 Å². The summed E-state index contributed by atoms with van der Waals surface area (Å²) in [5.74, 6) is 0.460. The first-order chi connectivity index (χ1) is 8.43. The molecule has 104 valence electrons. The molecule has 0 aromatic heterocycles. The number of amides is 1. The van der Waals surface area contributed by atoms with Gasteiger partial charge in [0.05, 0.1) is 19.1 Å². The number of aliphatic hydroxyl groups is 1. The van der Waals surface area contributed by atoms with Gasteiger partial charge in [0.15, 0.2) is 0 Å². The van der Waals surface area contributed by atoms with Gasteiger partial charge in [0.2, 0.25) is 5.91 Å². The van der Waals surface area contributed by atoms with E-state index in [0.717, 1.165) is 0 Å². The molecule has 1 aliphatic rings. The zero-order valence-corrected chi connectivity index (χ0v) is 11.4. The van der Waals surface area contributed by atoms with Crippen LogP contribution in [0, 0.1) is 11.8 Å². The van der Waals surface area contributed by atoms with Crippen LogP contribution in [0.1, 0.15) is 33.6 Å². The van der Waals surface area contributed by atoms with Crippen molar-refractivity contribution < 1.29 is 19.4 Å². The molecule has 1 aliphatic heterocycles. The van der Waals surface area contributed by atoms with Crippen molar-refractivity contribution in [1.29, 1.82) is 0 Å². The van der Waals surface area contributed by atoms with Gasteiger partial charge < -0.3 is 14.7 Å². The Morgan fingerprint density at radius 3 is 2.72 bits per heavy atom. The third-order valence-corrected chi connectivity index (χ3v) is 3.33. The quantitative estimate of drug-likeness (QED) is 0.715. The fourth-order valence-electron chi connectivity index (χ4n) is 2.16. The molecule has 0 spiro atoms. The highest BCUT2D eigenvalue weighted by atomic mass is 16.5. The van der Waals surface area contributed by atoms with Crippen LogP contribution in [0.4, 0.5) is 0 Å². The van der Waals surface area contributed by atoms with Gasteiger partial charge in [0.25, 0.3) is 0 Å². The average molecular weight is 257 g/mol. The van der Waals surface area contributed by atoms with E-state index in [0.29, 0.717) is 31.4 Å². The second-order valence-electron chi connectivity index (χ2n) is 5.17. The lowest BCUT2D eigenvalue weighted by molar-refractivity contribution is -0.146. The fourth-order valence-corrected chi connectivity index (χ4v) is 2.16. The Morgan fingerprint density at radius 1 is 1.56 bits per heavy atom. The Hall–Kier alpha value is -1.10. The van der Waals surface area contributed by atoms with E-state index < -0.39 is 12.1 Å². The van der Waals surface area contributed by atoms with Crippen LogP contribution in [0.3, 0.4) is 0 Å². The van der Waals surface area contributed by atoms with Crippen molar-refractivity contribution in [2.75, 3.05) is 19.7 Å². The van der Waals surface area contributed by atoms with Gasteiger partial charge in [-0.1, -0.05) is 13.8 Å². The summed E-state index contributed by atoms with van der Waals surface area (Å²) in [6, 6.07) is 0. The Balaban J connectivity index is 2.38. The smallest absolute Gasteiger partial charge is 0.308 e. The summed E-state index contributed by atoms with van der Waals surface area (Å²) in [6.07, 6.45) is -0.341. The van der Waals surface area contributed by atoms with Crippen LogP contribution in [0.25, 0.3) is 0 Å². The van der Waals surface area contributed by atoms with Crippen LogP contribution in [0.15, 0.2) is 0 Å². The molecule has 0 aromatic carbocycles. The standard InChI is InChI=1S/C13H23NO4/c1-4-18-13(17)6-11(15)8-14-7-10(9(2)3)5-12(14)16/h9-11,15H,4-8H2,1-3H3. The van der Waals surface area contributed by atoms with Gasteiger partial charge in [-0.15, -0.1) is 0 Å². The summed E-state index contributed by atoms with van der Waals surface area (Å²) >= 11 is 0. The maximum atomic E-state index is 11.7. The number of ether oxygens (including phenoxy) is 1. The lowest BCUT2D eigenvalue weighted by Crippen LogP contribution is -2.35. The number of β-amino-alcohol motifs (C(OH)–C–C–N with tert-alkyl or cyclic N) is 1. The third kappa shape index (κ3) is 4.29. The van der Waals surface area contributed by atoms with Crippen LogP contribution < -0.4 is 0 Å². The lowest BCUT2D eigenvalue weighted by atomic mass is 9.95. The number of hydrogen-bond donors (Lipinski definition) is 1. The van der Waals surface area contributed by atoms with Gasteiger partial charge in [-0.05, 0) is 18.8 Å². The summed E-state index contributed by atoms with van der Waals surface area (Å²) in [7, 11) is 0. The van der Waals surface area contributed by atoms with Crippen molar-refractivity contribution in [2.24, 2.45) is 11.8 Å². The number of aliphatic hydroxyl groups excluding tert-OH is 1. The number of nitrogens with zero attached hydrogens (tertiary/aromatic N) is 1. The number of esters is 1. The molecule has 5 nitrogen and oxygen atoms in total. The summed E-state index contributed by atoms with van der Waals surface area (Å²) in [6.45, 7) is 7.12. The highest BCUT2D eigenvalue weighted by molar-refractivity contribution is 5.78. The van der Waals surface area contributed by atoms with Crippen LogP contribution in [-0.4, -0.2) is 47.7 Å². The van der Waals surface area contributed by atoms with E-state index in [4.69, 9.17) is 4.74 Å². The van der Waals surface area contributed by atoms with Gasteiger partial charge in [-0.2, -0.15) is 0 Å². The largest absolute Gasteiger partial charge is 0.466 e. The number of hydrogen-bond acceptors (Lipinski definition) is 4. The number of likely N-dealkylation sites (tertiary alicyclic amines) is 1. The summed E-state index contributed by atoms with van der Waals surface area (Å²) in [5.41, 5.74) is 0. The zero-order valence-electron chi connectivity index (χ0n) is 11.4. The Morgan fingerprint density at radius 2 is 2.22 bits per heavy atom. The van der Waals surface area contributed by atoms with Crippen molar-refractivity contribution in [2.45, 2.75) is 39.7 Å². The van der Waals surface area contributed by atoms with Gasteiger partial charge in [0, 0.05) is 19.5 Å². The van der Waals surface area contributed by atoms with Gasteiger partial charge in [-0.3, -0.25) is 9.59 Å². The summed E-state index contributed by atoms with van der Waals surface area (Å²) < 4.78 is 4.76. The number of carbonyl (C=O) groups excluding carboxylic acids is 2. The second-order valence-corrected chi connectivity index (χ2v) is 5.17. The van der Waals surface area contributed by atoms with Crippen molar-refractivity contribution in [3.63, 3.8) is 0 Å². The van der Waals surface area contributed by atoms with Crippen molar-refractivity contribution >= 4 is 11.9 Å². The molecule has 0 saturated carbocycles. The second kappa shape index (κ2) is 6.73. The first-order valence-corrected chi connectivity index (χ1v) is 6.55. The fraction of sp³-hybridized carbons (Fsp3) is 0.846. The van der Waals surface area contributed by atoms with Crippen LogP contribution >= 0.6 is 0 Å².